The number of halogens is 1. The lowest BCUT2D eigenvalue weighted by Crippen LogP contribution is -2.54. The van der Waals surface area contributed by atoms with E-state index >= 15 is 0 Å². The van der Waals surface area contributed by atoms with E-state index in [2.05, 4.69) is 25.1 Å². The van der Waals surface area contributed by atoms with Crippen molar-refractivity contribution in [2.75, 3.05) is 51.3 Å². The number of anilines is 1. The second kappa shape index (κ2) is 10.4. The zero-order valence-corrected chi connectivity index (χ0v) is 19.3. The first-order chi connectivity index (χ1) is 13.1. The van der Waals surface area contributed by atoms with Crippen LogP contribution in [0.1, 0.15) is 32.1 Å². The summed E-state index contributed by atoms with van der Waals surface area (Å²) in [6.07, 6.45) is 9.05. The Morgan fingerprint density at radius 1 is 1.29 bits per heavy atom. The van der Waals surface area contributed by atoms with Gasteiger partial charge < -0.3 is 24.8 Å². The molecular formula is C19H33IN6O2. The van der Waals surface area contributed by atoms with Crippen molar-refractivity contribution in [1.29, 1.82) is 0 Å². The van der Waals surface area contributed by atoms with Crippen LogP contribution in [0.5, 0.6) is 0 Å². The molecule has 1 aliphatic carbocycles. The van der Waals surface area contributed by atoms with E-state index in [-0.39, 0.29) is 41.6 Å². The molecule has 3 rings (SSSR count). The fraction of sp³-hybridized carbons (Fsp3) is 0.737. The molecule has 2 N–H and O–H groups in total. The van der Waals surface area contributed by atoms with Crippen LogP contribution in [-0.4, -0.2) is 71.9 Å². The first kappa shape index (κ1) is 22.9. The number of aromatic nitrogens is 2. The van der Waals surface area contributed by atoms with E-state index in [1.165, 1.54) is 25.7 Å². The van der Waals surface area contributed by atoms with Gasteiger partial charge in [-0.1, -0.05) is 12.8 Å². The molecule has 2 heterocycles. The Morgan fingerprint density at radius 2 is 1.96 bits per heavy atom. The quantitative estimate of drug-likeness (QED) is 0.354. The van der Waals surface area contributed by atoms with Gasteiger partial charge in [-0.2, -0.15) is 0 Å². The van der Waals surface area contributed by atoms with E-state index in [1.807, 2.05) is 7.05 Å². The van der Waals surface area contributed by atoms with Crippen LogP contribution in [0, 0.1) is 5.41 Å². The van der Waals surface area contributed by atoms with Gasteiger partial charge in [0, 0.05) is 65.8 Å². The van der Waals surface area contributed by atoms with Gasteiger partial charge in [-0.3, -0.25) is 9.79 Å². The van der Waals surface area contributed by atoms with Crippen molar-refractivity contribution in [3.05, 3.63) is 22.7 Å². The minimum Gasteiger partial charge on any atom is -0.396 e. The number of aliphatic hydroxyl groups is 1. The van der Waals surface area contributed by atoms with Gasteiger partial charge in [0.2, 0.25) is 0 Å². The Morgan fingerprint density at radius 3 is 2.57 bits per heavy atom. The maximum Gasteiger partial charge on any atom is 0.293 e. The number of hydrogen-bond acceptors (Lipinski definition) is 5. The van der Waals surface area contributed by atoms with Crippen molar-refractivity contribution in [1.82, 2.24) is 19.8 Å². The lowest BCUT2D eigenvalue weighted by Gasteiger charge is -2.38. The van der Waals surface area contributed by atoms with Gasteiger partial charge in [0.05, 0.1) is 0 Å². The summed E-state index contributed by atoms with van der Waals surface area (Å²) in [4.78, 5) is 25.3. The highest BCUT2D eigenvalue weighted by molar-refractivity contribution is 14.0. The van der Waals surface area contributed by atoms with Gasteiger partial charge in [0.15, 0.2) is 11.8 Å². The second-order valence-electron chi connectivity index (χ2n) is 7.72. The third-order valence-corrected chi connectivity index (χ3v) is 6.02. The van der Waals surface area contributed by atoms with Crippen LogP contribution in [0.2, 0.25) is 0 Å². The molecular weight excluding hydrogens is 471 g/mol. The molecule has 0 unspecified atom stereocenters. The fourth-order valence-electron chi connectivity index (χ4n) is 4.31. The van der Waals surface area contributed by atoms with E-state index in [0.29, 0.717) is 5.82 Å². The van der Waals surface area contributed by atoms with E-state index in [1.54, 1.807) is 24.0 Å². The summed E-state index contributed by atoms with van der Waals surface area (Å²) in [5.41, 5.74) is 0.146. The Labute approximate surface area is 184 Å². The van der Waals surface area contributed by atoms with Crippen LogP contribution in [0.15, 0.2) is 22.2 Å². The first-order valence-corrected chi connectivity index (χ1v) is 9.92. The number of aliphatic hydroxyl groups excluding tert-OH is 1. The topological polar surface area (TPSA) is 86.0 Å². The van der Waals surface area contributed by atoms with Crippen LogP contribution >= 0.6 is 24.0 Å². The minimum absolute atomic E-state index is 0. The second-order valence-corrected chi connectivity index (χ2v) is 7.72. The van der Waals surface area contributed by atoms with E-state index in [4.69, 9.17) is 0 Å². The number of piperazine rings is 1. The maximum absolute atomic E-state index is 12.3. The van der Waals surface area contributed by atoms with Gasteiger partial charge in [-0.25, -0.2) is 4.98 Å². The van der Waals surface area contributed by atoms with Crippen molar-refractivity contribution < 1.29 is 5.11 Å². The van der Waals surface area contributed by atoms with Crippen LogP contribution in [0.3, 0.4) is 0 Å². The summed E-state index contributed by atoms with van der Waals surface area (Å²) in [5.74, 6) is 1.43. The summed E-state index contributed by atoms with van der Waals surface area (Å²) in [6.45, 7) is 4.20. The zero-order valence-electron chi connectivity index (χ0n) is 16.9. The lowest BCUT2D eigenvalue weighted by molar-refractivity contribution is 0.184. The Kier molecular flexibility index (Phi) is 8.54. The monoisotopic (exact) mass is 504 g/mol. The molecule has 2 fully saturated rings. The molecule has 2 aliphatic rings. The molecule has 0 radical (unpaired) electrons. The summed E-state index contributed by atoms with van der Waals surface area (Å²) >= 11 is 0. The molecule has 9 heteroatoms. The first-order valence-electron chi connectivity index (χ1n) is 9.92. The zero-order chi connectivity index (χ0) is 19.3. The number of aryl methyl sites for hydroxylation is 1. The maximum atomic E-state index is 12.3. The van der Waals surface area contributed by atoms with Crippen molar-refractivity contribution in [3.63, 3.8) is 0 Å². The fourth-order valence-corrected chi connectivity index (χ4v) is 4.31. The molecule has 1 saturated carbocycles. The number of hydrogen-bond donors (Lipinski definition) is 2. The number of aliphatic imine (C=N–C) groups is 1. The highest BCUT2D eigenvalue weighted by Gasteiger charge is 2.34. The highest BCUT2D eigenvalue weighted by Crippen LogP contribution is 2.40. The Balaban J connectivity index is 0.00000280. The van der Waals surface area contributed by atoms with Crippen molar-refractivity contribution in [2.45, 2.75) is 32.1 Å². The summed E-state index contributed by atoms with van der Waals surface area (Å²) < 4.78 is 1.57. The summed E-state index contributed by atoms with van der Waals surface area (Å²) in [7, 11) is 3.57. The third kappa shape index (κ3) is 5.16. The molecule has 28 heavy (non-hydrogen) atoms. The molecule has 0 atom stereocenters. The SMILES string of the molecule is CN=C(NCC1(CCO)CCCC1)N1CCN(c2nccn(C)c2=O)CC1.I. The largest absolute Gasteiger partial charge is 0.396 e. The van der Waals surface area contributed by atoms with Crippen molar-refractivity contribution >= 4 is 35.8 Å². The van der Waals surface area contributed by atoms with E-state index in [0.717, 1.165) is 45.1 Å². The predicted octanol–water partition coefficient (Wildman–Crippen LogP) is 1.04. The number of nitrogens with zero attached hydrogens (tertiary/aromatic N) is 5. The molecule has 0 aromatic carbocycles. The molecule has 8 nitrogen and oxygen atoms in total. The number of guanidine groups is 1. The highest BCUT2D eigenvalue weighted by atomic mass is 127. The van der Waals surface area contributed by atoms with E-state index in [9.17, 15) is 9.90 Å². The molecule has 1 aliphatic heterocycles. The number of rotatable bonds is 5. The van der Waals surface area contributed by atoms with Gasteiger partial charge in [0.1, 0.15) is 0 Å². The van der Waals surface area contributed by atoms with Gasteiger partial charge in [-0.15, -0.1) is 24.0 Å². The summed E-state index contributed by atoms with van der Waals surface area (Å²) in [6, 6.07) is 0. The van der Waals surface area contributed by atoms with Gasteiger partial charge in [-0.05, 0) is 24.7 Å². The molecule has 0 bridgehead atoms. The minimum atomic E-state index is -0.0550. The Bertz CT molecular complexity index is 709. The average Bonchev–Trinajstić information content (AvgIpc) is 3.14. The lowest BCUT2D eigenvalue weighted by atomic mass is 9.83. The van der Waals surface area contributed by atoms with Crippen molar-refractivity contribution in [3.8, 4) is 0 Å². The van der Waals surface area contributed by atoms with Crippen LogP contribution in [0.4, 0.5) is 5.82 Å². The van der Waals surface area contributed by atoms with Crippen LogP contribution in [0.25, 0.3) is 0 Å². The molecule has 0 amide bonds. The predicted molar refractivity (Wildman–Crippen MR) is 123 cm³/mol. The van der Waals surface area contributed by atoms with Gasteiger partial charge >= 0.3 is 0 Å². The summed E-state index contributed by atoms with van der Waals surface area (Å²) in [5, 5.41) is 13.0. The van der Waals surface area contributed by atoms with Crippen LogP contribution < -0.4 is 15.8 Å². The van der Waals surface area contributed by atoms with Crippen molar-refractivity contribution in [2.24, 2.45) is 17.5 Å². The molecule has 1 aromatic rings. The van der Waals surface area contributed by atoms with Gasteiger partial charge in [0.25, 0.3) is 5.56 Å². The molecule has 0 spiro atoms. The normalized spacial score (nSPS) is 19.5. The molecule has 158 valence electrons. The third-order valence-electron chi connectivity index (χ3n) is 6.02. The average molecular weight is 504 g/mol. The van der Waals surface area contributed by atoms with Crippen LogP contribution in [-0.2, 0) is 7.05 Å². The Hall–Kier alpha value is -1.36. The van der Waals surface area contributed by atoms with E-state index < -0.39 is 0 Å². The smallest absolute Gasteiger partial charge is 0.293 e. The molecule has 1 saturated heterocycles. The standard InChI is InChI=1S/C19H32N6O2.HI/c1-20-18(22-15-19(7-14-26)5-3-4-6-19)25-12-10-24(11-13-25)16-17(27)23(2)9-8-21-16;/h8-9,26H,3-7,10-15H2,1-2H3,(H,20,22);1H. The number of nitrogens with one attached hydrogen (secondary N) is 1. The molecule has 1 aromatic heterocycles.